The minimum atomic E-state index is -0.406. The van der Waals surface area contributed by atoms with Crippen LogP contribution in [0.1, 0.15) is 55.7 Å². The van der Waals surface area contributed by atoms with Crippen molar-refractivity contribution in [2.75, 3.05) is 6.54 Å². The fourth-order valence-electron chi connectivity index (χ4n) is 3.95. The fourth-order valence-corrected chi connectivity index (χ4v) is 3.95. The highest BCUT2D eigenvalue weighted by Gasteiger charge is 2.29. The van der Waals surface area contributed by atoms with Gasteiger partial charge in [-0.2, -0.15) is 5.26 Å². The molecule has 6 heteroatoms. The third kappa shape index (κ3) is 4.20. The maximum atomic E-state index is 11.9. The largest absolute Gasteiger partial charge is 0.507 e. The zero-order valence-corrected chi connectivity index (χ0v) is 15.8. The lowest BCUT2D eigenvalue weighted by atomic mass is 9.80. The Kier molecular flexibility index (Phi) is 7.07. The summed E-state index contributed by atoms with van der Waals surface area (Å²) in [7, 11) is 0. The molecule has 1 unspecified atom stereocenters. The van der Waals surface area contributed by atoms with E-state index in [0.717, 1.165) is 36.6 Å². The van der Waals surface area contributed by atoms with Crippen LogP contribution in [0.5, 0.6) is 5.75 Å². The van der Waals surface area contributed by atoms with Crippen molar-refractivity contribution in [1.29, 1.82) is 5.26 Å². The molecule has 1 heterocycles. The van der Waals surface area contributed by atoms with Crippen molar-refractivity contribution in [3.63, 3.8) is 0 Å². The highest BCUT2D eigenvalue weighted by atomic mass is 35.5. The molecular formula is C20H25ClN2O3. The van der Waals surface area contributed by atoms with Crippen molar-refractivity contribution < 1.29 is 9.52 Å². The molecule has 2 aromatic rings. The number of nitriles is 1. The summed E-state index contributed by atoms with van der Waals surface area (Å²) in [6.07, 6.45) is 6.09. The summed E-state index contributed by atoms with van der Waals surface area (Å²) in [6.45, 7) is 2.42. The summed E-state index contributed by atoms with van der Waals surface area (Å²) in [6, 6.07) is 6.96. The van der Waals surface area contributed by atoms with Gasteiger partial charge in [-0.3, -0.25) is 0 Å². The second-order valence-corrected chi connectivity index (χ2v) is 6.86. The summed E-state index contributed by atoms with van der Waals surface area (Å²) < 4.78 is 5.51. The number of aryl methyl sites for hydroxylation is 1. The van der Waals surface area contributed by atoms with Crippen LogP contribution in [-0.2, 0) is 0 Å². The van der Waals surface area contributed by atoms with Gasteiger partial charge in [0.25, 0.3) is 0 Å². The van der Waals surface area contributed by atoms with Crippen LogP contribution in [0.2, 0.25) is 0 Å². The predicted molar refractivity (Wildman–Crippen MR) is 104 cm³/mol. The molecule has 0 saturated heterocycles. The molecule has 1 saturated carbocycles. The van der Waals surface area contributed by atoms with Crippen LogP contribution in [0.25, 0.3) is 11.0 Å². The van der Waals surface area contributed by atoms with Gasteiger partial charge in [-0.15, -0.1) is 12.4 Å². The van der Waals surface area contributed by atoms with Crippen molar-refractivity contribution >= 4 is 23.4 Å². The Morgan fingerprint density at radius 2 is 2.08 bits per heavy atom. The number of phenolic OH excluding ortho intramolecular Hbond substituents is 1. The predicted octanol–water partition coefficient (Wildman–Crippen LogP) is 4.35. The van der Waals surface area contributed by atoms with E-state index >= 15 is 0 Å². The molecule has 0 aliphatic heterocycles. The molecule has 0 radical (unpaired) electrons. The van der Waals surface area contributed by atoms with Gasteiger partial charge in [0, 0.05) is 30.5 Å². The van der Waals surface area contributed by atoms with Crippen LogP contribution in [-0.4, -0.2) is 11.7 Å². The van der Waals surface area contributed by atoms with E-state index in [4.69, 9.17) is 9.68 Å². The number of nitrogens with one attached hydrogen (secondary N) is 1. The fraction of sp³-hybridized carbons (Fsp3) is 0.500. The van der Waals surface area contributed by atoms with E-state index in [2.05, 4.69) is 11.4 Å². The minimum Gasteiger partial charge on any atom is -0.507 e. The van der Waals surface area contributed by atoms with E-state index in [9.17, 15) is 9.90 Å². The number of benzene rings is 1. The molecule has 26 heavy (non-hydrogen) atoms. The summed E-state index contributed by atoms with van der Waals surface area (Å²) in [5.74, 6) is 0.496. The average Bonchev–Trinajstić information content (AvgIpc) is 2.60. The Balaban J connectivity index is 0.00000243. The standard InChI is InChI=1S/C20H24N2O3.ClH/c1-13-12-17(24)25-20-15(13)8-9-16(23)18(20)19(22-11-5-10-21)14-6-3-2-4-7-14;/h8-9,12,14,19,22-23H,2-7,11H2,1H3;1H. The van der Waals surface area contributed by atoms with Crippen LogP contribution in [0, 0.1) is 24.2 Å². The van der Waals surface area contributed by atoms with Crippen LogP contribution >= 0.6 is 12.4 Å². The second kappa shape index (κ2) is 9.07. The molecule has 1 atom stereocenters. The van der Waals surface area contributed by atoms with Crippen LogP contribution in [0.4, 0.5) is 0 Å². The quantitative estimate of drug-likeness (QED) is 0.598. The number of hydrogen-bond donors (Lipinski definition) is 2. The molecular weight excluding hydrogens is 352 g/mol. The lowest BCUT2D eigenvalue weighted by Crippen LogP contribution is -2.31. The highest BCUT2D eigenvalue weighted by molar-refractivity contribution is 5.85. The Bertz CT molecular complexity index is 850. The highest BCUT2D eigenvalue weighted by Crippen LogP contribution is 2.41. The normalized spacial score (nSPS) is 16.0. The van der Waals surface area contributed by atoms with E-state index in [-0.39, 0.29) is 24.2 Å². The summed E-state index contributed by atoms with van der Waals surface area (Å²) in [5.41, 5.74) is 1.55. The third-order valence-corrected chi connectivity index (χ3v) is 5.17. The van der Waals surface area contributed by atoms with Gasteiger partial charge in [-0.05, 0) is 43.4 Å². The lowest BCUT2D eigenvalue weighted by Gasteiger charge is -2.32. The Hall–Kier alpha value is -2.03. The summed E-state index contributed by atoms with van der Waals surface area (Å²) in [5, 5.41) is 23.7. The first-order chi connectivity index (χ1) is 12.1. The number of halogens is 1. The smallest absolute Gasteiger partial charge is 0.336 e. The number of aromatic hydroxyl groups is 1. The van der Waals surface area contributed by atoms with Crippen molar-refractivity contribution in [2.45, 2.75) is 51.5 Å². The maximum Gasteiger partial charge on any atom is 0.336 e. The van der Waals surface area contributed by atoms with Gasteiger partial charge in [0.2, 0.25) is 0 Å². The van der Waals surface area contributed by atoms with Gasteiger partial charge in [-0.1, -0.05) is 19.3 Å². The van der Waals surface area contributed by atoms with Crippen LogP contribution < -0.4 is 10.9 Å². The molecule has 1 aliphatic rings. The molecule has 140 valence electrons. The molecule has 3 rings (SSSR count). The van der Waals surface area contributed by atoms with Gasteiger partial charge >= 0.3 is 5.63 Å². The first-order valence-electron chi connectivity index (χ1n) is 8.98. The number of hydrogen-bond acceptors (Lipinski definition) is 5. The van der Waals surface area contributed by atoms with Crippen molar-refractivity contribution in [3.8, 4) is 11.8 Å². The Morgan fingerprint density at radius 3 is 2.77 bits per heavy atom. The zero-order valence-electron chi connectivity index (χ0n) is 15.0. The summed E-state index contributed by atoms with van der Waals surface area (Å²) in [4.78, 5) is 11.9. The molecule has 0 bridgehead atoms. The van der Waals surface area contributed by atoms with Gasteiger partial charge in [0.15, 0.2) is 0 Å². The van der Waals surface area contributed by atoms with E-state index in [1.165, 1.54) is 12.5 Å². The number of phenols is 1. The van der Waals surface area contributed by atoms with Gasteiger partial charge in [-0.25, -0.2) is 4.79 Å². The Morgan fingerprint density at radius 1 is 1.35 bits per heavy atom. The first-order valence-corrected chi connectivity index (χ1v) is 8.98. The first kappa shape index (κ1) is 20.3. The molecule has 1 aliphatic carbocycles. The number of rotatable bonds is 5. The molecule has 5 nitrogen and oxygen atoms in total. The SMILES string of the molecule is Cc1cc(=O)oc2c(C(NCCC#N)C3CCCCC3)c(O)ccc12.Cl. The van der Waals surface area contributed by atoms with Crippen molar-refractivity contribution in [3.05, 3.63) is 39.7 Å². The molecule has 0 amide bonds. The monoisotopic (exact) mass is 376 g/mol. The molecule has 1 aromatic heterocycles. The average molecular weight is 377 g/mol. The van der Waals surface area contributed by atoms with Gasteiger partial charge in [0.1, 0.15) is 11.3 Å². The van der Waals surface area contributed by atoms with E-state index < -0.39 is 5.63 Å². The molecule has 1 aromatic carbocycles. The lowest BCUT2D eigenvalue weighted by molar-refractivity contribution is 0.268. The molecule has 2 N–H and O–H groups in total. The van der Waals surface area contributed by atoms with E-state index in [1.807, 2.05) is 6.92 Å². The second-order valence-electron chi connectivity index (χ2n) is 6.86. The van der Waals surface area contributed by atoms with E-state index in [0.29, 0.717) is 30.0 Å². The van der Waals surface area contributed by atoms with Crippen molar-refractivity contribution in [1.82, 2.24) is 5.32 Å². The van der Waals surface area contributed by atoms with Crippen LogP contribution in [0.3, 0.4) is 0 Å². The number of nitrogens with zero attached hydrogens (tertiary/aromatic N) is 1. The zero-order chi connectivity index (χ0) is 17.8. The third-order valence-electron chi connectivity index (χ3n) is 5.17. The summed E-state index contributed by atoms with van der Waals surface area (Å²) >= 11 is 0. The topological polar surface area (TPSA) is 86.3 Å². The van der Waals surface area contributed by atoms with Crippen molar-refractivity contribution in [2.24, 2.45) is 5.92 Å². The van der Waals surface area contributed by atoms with Gasteiger partial charge in [0.05, 0.1) is 11.6 Å². The Labute approximate surface area is 159 Å². The van der Waals surface area contributed by atoms with Crippen LogP contribution in [0.15, 0.2) is 27.4 Å². The minimum absolute atomic E-state index is 0. The molecule has 1 fully saturated rings. The molecule has 0 spiro atoms. The van der Waals surface area contributed by atoms with E-state index in [1.54, 1.807) is 12.1 Å². The number of fused-ring (bicyclic) bond motifs is 1. The van der Waals surface area contributed by atoms with Gasteiger partial charge < -0.3 is 14.8 Å². The maximum absolute atomic E-state index is 11.9.